The van der Waals surface area contributed by atoms with Crippen LogP contribution in [0.4, 0.5) is 0 Å². The molecule has 1 saturated heterocycles. The molecule has 0 saturated carbocycles. The van der Waals surface area contributed by atoms with Gasteiger partial charge < -0.3 is 9.30 Å². The Morgan fingerprint density at radius 1 is 1.33 bits per heavy atom. The maximum Gasteiger partial charge on any atom is 0.119 e. The van der Waals surface area contributed by atoms with E-state index in [1.807, 2.05) is 6.07 Å². The van der Waals surface area contributed by atoms with Gasteiger partial charge in [0, 0.05) is 30.0 Å². The van der Waals surface area contributed by atoms with Crippen molar-refractivity contribution in [3.8, 4) is 5.75 Å². The quantitative estimate of drug-likeness (QED) is 0.826. The summed E-state index contributed by atoms with van der Waals surface area (Å²) >= 11 is 3.66. The highest BCUT2D eigenvalue weighted by molar-refractivity contribution is 9.10. The largest absolute Gasteiger partial charge is 0.497 e. The molecule has 0 aliphatic carbocycles. The second-order valence-corrected chi connectivity index (χ2v) is 6.48. The predicted octanol–water partition coefficient (Wildman–Crippen LogP) is 4.13. The first-order chi connectivity index (χ1) is 10.2. The first kappa shape index (κ1) is 14.7. The molecular weight excluding hydrogens is 328 g/mol. The SMILES string of the molecule is COc1ccc(Br)c(CN2CCC[C@H]2c2cccn2C)c1. The molecule has 0 bridgehead atoms. The van der Waals surface area contributed by atoms with Gasteiger partial charge in [0.1, 0.15) is 5.75 Å². The third-order valence-corrected chi connectivity index (χ3v) is 5.09. The molecule has 21 heavy (non-hydrogen) atoms. The van der Waals surface area contributed by atoms with Crippen LogP contribution in [0.25, 0.3) is 0 Å². The van der Waals surface area contributed by atoms with Crippen molar-refractivity contribution in [2.24, 2.45) is 7.05 Å². The number of nitrogens with zero attached hydrogens (tertiary/aromatic N) is 2. The second kappa shape index (κ2) is 6.24. The van der Waals surface area contributed by atoms with Crippen LogP contribution in [-0.4, -0.2) is 23.1 Å². The van der Waals surface area contributed by atoms with Crippen molar-refractivity contribution >= 4 is 15.9 Å². The highest BCUT2D eigenvalue weighted by Crippen LogP contribution is 2.34. The van der Waals surface area contributed by atoms with Crippen molar-refractivity contribution in [2.45, 2.75) is 25.4 Å². The molecule has 1 atom stereocenters. The number of halogens is 1. The lowest BCUT2D eigenvalue weighted by atomic mass is 10.1. The summed E-state index contributed by atoms with van der Waals surface area (Å²) in [6.45, 7) is 2.10. The van der Waals surface area contributed by atoms with Crippen molar-refractivity contribution in [3.63, 3.8) is 0 Å². The summed E-state index contributed by atoms with van der Waals surface area (Å²) < 4.78 is 8.74. The lowest BCUT2D eigenvalue weighted by Crippen LogP contribution is -2.24. The van der Waals surface area contributed by atoms with Crippen molar-refractivity contribution in [1.29, 1.82) is 0 Å². The van der Waals surface area contributed by atoms with Crippen LogP contribution in [0.3, 0.4) is 0 Å². The maximum absolute atomic E-state index is 5.35. The fraction of sp³-hybridized carbons (Fsp3) is 0.412. The van der Waals surface area contributed by atoms with Crippen LogP contribution >= 0.6 is 15.9 Å². The normalized spacial score (nSPS) is 19.1. The summed E-state index contributed by atoms with van der Waals surface area (Å²) in [5.41, 5.74) is 2.70. The maximum atomic E-state index is 5.35. The molecule has 2 aromatic rings. The summed E-state index contributed by atoms with van der Waals surface area (Å²) in [5, 5.41) is 0. The molecular formula is C17H21BrN2O. The molecule has 3 nitrogen and oxygen atoms in total. The third-order valence-electron chi connectivity index (χ3n) is 4.32. The van der Waals surface area contributed by atoms with Crippen LogP contribution in [0.15, 0.2) is 41.0 Å². The van der Waals surface area contributed by atoms with Gasteiger partial charge in [-0.25, -0.2) is 0 Å². The molecule has 1 aliphatic heterocycles. The average molecular weight is 349 g/mol. The smallest absolute Gasteiger partial charge is 0.119 e. The van der Waals surface area contributed by atoms with Crippen molar-refractivity contribution in [3.05, 3.63) is 52.3 Å². The van der Waals surface area contributed by atoms with Crippen molar-refractivity contribution < 1.29 is 4.74 Å². The van der Waals surface area contributed by atoms with Gasteiger partial charge in [0.05, 0.1) is 13.2 Å². The topological polar surface area (TPSA) is 17.4 Å². The Morgan fingerprint density at radius 3 is 2.90 bits per heavy atom. The molecule has 1 fully saturated rings. The van der Waals surface area contributed by atoms with Crippen LogP contribution in [0, 0.1) is 0 Å². The summed E-state index contributed by atoms with van der Waals surface area (Å²) in [6, 6.07) is 11.1. The molecule has 0 amide bonds. The number of hydrogen-bond acceptors (Lipinski definition) is 2. The molecule has 3 rings (SSSR count). The summed E-state index contributed by atoms with van der Waals surface area (Å²) in [4.78, 5) is 2.56. The molecule has 0 radical (unpaired) electrons. The van der Waals surface area contributed by atoms with E-state index in [1.54, 1.807) is 7.11 Å². The standard InChI is InChI=1S/C17H21BrN2O/c1-19-9-3-5-16(19)17-6-4-10-20(17)12-13-11-14(21-2)7-8-15(13)18/h3,5,7-9,11,17H,4,6,10,12H2,1-2H3/t17-/m0/s1. The third kappa shape index (κ3) is 3.01. The second-order valence-electron chi connectivity index (χ2n) is 5.63. The first-order valence-corrected chi connectivity index (χ1v) is 8.16. The molecule has 0 spiro atoms. The highest BCUT2D eigenvalue weighted by atomic mass is 79.9. The number of methoxy groups -OCH3 is 1. The van der Waals surface area contributed by atoms with E-state index in [2.05, 4.69) is 62.9 Å². The van der Waals surface area contributed by atoms with Gasteiger partial charge in [-0.2, -0.15) is 0 Å². The molecule has 2 heterocycles. The Labute approximate surface area is 134 Å². The van der Waals surface area contributed by atoms with E-state index >= 15 is 0 Å². The van der Waals surface area contributed by atoms with Crippen LogP contribution in [0.1, 0.15) is 30.1 Å². The molecule has 1 aliphatic rings. The minimum atomic E-state index is 0.517. The van der Waals surface area contributed by atoms with Gasteiger partial charge in [-0.15, -0.1) is 0 Å². The zero-order chi connectivity index (χ0) is 14.8. The summed E-state index contributed by atoms with van der Waals surface area (Å²) in [7, 11) is 3.85. The number of ether oxygens (including phenoxy) is 1. The molecule has 1 aromatic heterocycles. The van der Waals surface area contributed by atoms with Crippen LogP contribution in [0.5, 0.6) is 5.75 Å². The van der Waals surface area contributed by atoms with E-state index in [4.69, 9.17) is 4.74 Å². The Hall–Kier alpha value is -1.26. The molecule has 0 N–H and O–H groups in total. The molecule has 1 aromatic carbocycles. The lowest BCUT2D eigenvalue weighted by molar-refractivity contribution is 0.240. The van der Waals surface area contributed by atoms with Gasteiger partial charge in [-0.05, 0) is 55.3 Å². The molecule has 0 unspecified atom stereocenters. The Kier molecular flexibility index (Phi) is 4.36. The predicted molar refractivity (Wildman–Crippen MR) is 88.5 cm³/mol. The van der Waals surface area contributed by atoms with Gasteiger partial charge in [0.25, 0.3) is 0 Å². The monoisotopic (exact) mass is 348 g/mol. The fourth-order valence-corrected chi connectivity index (χ4v) is 3.56. The van der Waals surface area contributed by atoms with Gasteiger partial charge >= 0.3 is 0 Å². The van der Waals surface area contributed by atoms with Crippen LogP contribution in [-0.2, 0) is 13.6 Å². The minimum absolute atomic E-state index is 0.517. The van der Waals surface area contributed by atoms with Crippen LogP contribution in [0.2, 0.25) is 0 Å². The number of likely N-dealkylation sites (tertiary alicyclic amines) is 1. The van der Waals surface area contributed by atoms with Gasteiger partial charge in [0.15, 0.2) is 0 Å². The molecule has 4 heteroatoms. The number of hydrogen-bond donors (Lipinski definition) is 0. The van der Waals surface area contributed by atoms with Crippen molar-refractivity contribution in [2.75, 3.05) is 13.7 Å². The van der Waals surface area contributed by atoms with E-state index in [1.165, 1.54) is 24.1 Å². The number of rotatable bonds is 4. The fourth-order valence-electron chi connectivity index (χ4n) is 3.19. The van der Waals surface area contributed by atoms with Gasteiger partial charge in [-0.1, -0.05) is 15.9 Å². The molecule has 112 valence electrons. The van der Waals surface area contributed by atoms with E-state index in [-0.39, 0.29) is 0 Å². The van der Waals surface area contributed by atoms with E-state index < -0.39 is 0 Å². The Morgan fingerprint density at radius 2 is 2.19 bits per heavy atom. The minimum Gasteiger partial charge on any atom is -0.497 e. The Balaban J connectivity index is 1.82. The highest BCUT2D eigenvalue weighted by Gasteiger charge is 2.27. The Bertz CT molecular complexity index is 623. The van der Waals surface area contributed by atoms with Gasteiger partial charge in [0.2, 0.25) is 0 Å². The van der Waals surface area contributed by atoms with Crippen LogP contribution < -0.4 is 4.74 Å². The van der Waals surface area contributed by atoms with E-state index in [0.717, 1.165) is 23.3 Å². The zero-order valence-electron chi connectivity index (χ0n) is 12.6. The summed E-state index contributed by atoms with van der Waals surface area (Å²) in [5.74, 6) is 0.919. The van der Waals surface area contributed by atoms with Crippen molar-refractivity contribution in [1.82, 2.24) is 9.47 Å². The lowest BCUT2D eigenvalue weighted by Gasteiger charge is -2.25. The number of aromatic nitrogens is 1. The van der Waals surface area contributed by atoms with E-state index in [9.17, 15) is 0 Å². The number of benzene rings is 1. The summed E-state index contributed by atoms with van der Waals surface area (Å²) in [6.07, 6.45) is 4.63. The number of aryl methyl sites for hydroxylation is 1. The zero-order valence-corrected chi connectivity index (χ0v) is 14.1. The van der Waals surface area contributed by atoms with Gasteiger partial charge in [-0.3, -0.25) is 4.90 Å². The first-order valence-electron chi connectivity index (χ1n) is 7.36. The van der Waals surface area contributed by atoms with E-state index in [0.29, 0.717) is 6.04 Å². The average Bonchev–Trinajstić information content (AvgIpc) is 3.09.